The van der Waals surface area contributed by atoms with Crippen molar-refractivity contribution in [2.75, 3.05) is 6.61 Å². The number of hydrogen-bond acceptors (Lipinski definition) is 2. The van der Waals surface area contributed by atoms with E-state index in [9.17, 15) is 14.0 Å². The number of nitrogens with zero attached hydrogens (tertiary/aromatic N) is 1. The van der Waals surface area contributed by atoms with E-state index in [4.69, 9.17) is 16.3 Å². The molecule has 0 bridgehead atoms. The van der Waals surface area contributed by atoms with Crippen LogP contribution in [0.4, 0.5) is 8.78 Å². The van der Waals surface area contributed by atoms with Crippen molar-refractivity contribution < 1.29 is 13.5 Å². The van der Waals surface area contributed by atoms with E-state index in [0.29, 0.717) is 11.4 Å². The van der Waals surface area contributed by atoms with Crippen LogP contribution in [-0.2, 0) is 0 Å². The van der Waals surface area contributed by atoms with Gasteiger partial charge in [-0.1, -0.05) is 23.7 Å². The number of benzene rings is 2. The summed E-state index contributed by atoms with van der Waals surface area (Å²) in [5.41, 5.74) is 0.843. The third-order valence-corrected chi connectivity index (χ3v) is 3.25. The second kappa shape index (κ2) is 7.05. The lowest BCUT2D eigenvalue weighted by Gasteiger charge is -2.11. The van der Waals surface area contributed by atoms with Crippen LogP contribution in [0, 0.1) is 23.0 Å². The molecule has 5 heteroatoms. The third kappa shape index (κ3) is 4.17. The van der Waals surface area contributed by atoms with Crippen LogP contribution in [0.15, 0.2) is 42.5 Å². The van der Waals surface area contributed by atoms with Gasteiger partial charge in [-0.3, -0.25) is 0 Å². The predicted molar refractivity (Wildman–Crippen MR) is 76.3 cm³/mol. The van der Waals surface area contributed by atoms with Crippen molar-refractivity contribution >= 4 is 11.6 Å². The van der Waals surface area contributed by atoms with E-state index in [1.165, 1.54) is 6.07 Å². The monoisotopic (exact) mass is 307 g/mol. The summed E-state index contributed by atoms with van der Waals surface area (Å²) < 4.78 is 31.1. The zero-order valence-corrected chi connectivity index (χ0v) is 11.8. The fraction of sp³-hybridized carbons (Fsp3) is 0.188. The first-order valence-electron chi connectivity index (χ1n) is 6.33. The number of hydrogen-bond donors (Lipinski definition) is 0. The van der Waals surface area contributed by atoms with E-state index < -0.39 is 11.6 Å². The van der Waals surface area contributed by atoms with E-state index in [1.54, 1.807) is 24.3 Å². The molecule has 2 nitrogen and oxygen atoms in total. The molecule has 0 N–H and O–H groups in total. The van der Waals surface area contributed by atoms with Crippen LogP contribution in [0.2, 0.25) is 5.02 Å². The van der Waals surface area contributed by atoms with Gasteiger partial charge in [0, 0.05) is 17.5 Å². The lowest BCUT2D eigenvalue weighted by Crippen LogP contribution is -2.05. The Kier molecular flexibility index (Phi) is 5.13. The van der Waals surface area contributed by atoms with E-state index in [1.807, 2.05) is 0 Å². The second-order valence-electron chi connectivity index (χ2n) is 4.45. The molecule has 0 fully saturated rings. The van der Waals surface area contributed by atoms with Gasteiger partial charge in [-0.05, 0) is 29.8 Å². The molecule has 108 valence electrons. The zero-order valence-electron chi connectivity index (χ0n) is 11.0. The van der Waals surface area contributed by atoms with Crippen LogP contribution in [0.3, 0.4) is 0 Å². The Bertz CT molecular complexity index is 652. The first-order chi connectivity index (χ1) is 10.1. The van der Waals surface area contributed by atoms with Crippen LogP contribution in [0.1, 0.15) is 17.9 Å². The van der Waals surface area contributed by atoms with Crippen LogP contribution in [0.5, 0.6) is 5.75 Å². The zero-order chi connectivity index (χ0) is 15.2. The third-order valence-electron chi connectivity index (χ3n) is 2.99. The molecule has 0 heterocycles. The molecule has 0 aliphatic heterocycles. The van der Waals surface area contributed by atoms with Gasteiger partial charge in [-0.15, -0.1) is 0 Å². The number of ether oxygens (including phenoxy) is 1. The van der Waals surface area contributed by atoms with Crippen molar-refractivity contribution in [1.82, 2.24) is 0 Å². The summed E-state index contributed by atoms with van der Waals surface area (Å²) >= 11 is 5.80. The lowest BCUT2D eigenvalue weighted by molar-refractivity contribution is 0.303. The molecule has 0 saturated carbocycles. The molecule has 2 rings (SSSR count). The van der Waals surface area contributed by atoms with Crippen molar-refractivity contribution in [3.8, 4) is 11.8 Å². The van der Waals surface area contributed by atoms with Gasteiger partial charge in [-0.25, -0.2) is 8.78 Å². The molecule has 2 aromatic rings. The minimum absolute atomic E-state index is 0.228. The maximum atomic E-state index is 13.0. The average molecular weight is 308 g/mol. The highest BCUT2D eigenvalue weighted by Crippen LogP contribution is 2.22. The number of rotatable bonds is 5. The highest BCUT2D eigenvalue weighted by molar-refractivity contribution is 6.30. The van der Waals surface area contributed by atoms with Gasteiger partial charge < -0.3 is 4.74 Å². The smallest absolute Gasteiger partial charge is 0.162 e. The average Bonchev–Trinajstić information content (AvgIpc) is 2.48. The minimum Gasteiger partial charge on any atom is -0.493 e. The number of halogens is 3. The highest BCUT2D eigenvalue weighted by Gasteiger charge is 2.11. The molecule has 0 amide bonds. The van der Waals surface area contributed by atoms with Gasteiger partial charge in [0.15, 0.2) is 11.6 Å². The largest absolute Gasteiger partial charge is 0.493 e. The molecule has 0 aromatic heterocycles. The molecule has 1 atom stereocenters. The summed E-state index contributed by atoms with van der Waals surface area (Å²) in [7, 11) is 0. The van der Waals surface area contributed by atoms with Crippen molar-refractivity contribution in [3.05, 3.63) is 64.7 Å². The Morgan fingerprint density at radius 3 is 2.43 bits per heavy atom. The van der Waals surface area contributed by atoms with Gasteiger partial charge in [0.25, 0.3) is 0 Å². The molecule has 1 unspecified atom stereocenters. The van der Waals surface area contributed by atoms with Gasteiger partial charge in [0.2, 0.25) is 0 Å². The van der Waals surface area contributed by atoms with E-state index in [0.717, 1.165) is 17.7 Å². The summed E-state index contributed by atoms with van der Waals surface area (Å²) in [6.45, 7) is 0.228. The van der Waals surface area contributed by atoms with Crippen molar-refractivity contribution in [1.29, 1.82) is 5.26 Å². The molecule has 2 aromatic carbocycles. The van der Waals surface area contributed by atoms with Gasteiger partial charge in [0.05, 0.1) is 18.6 Å². The Morgan fingerprint density at radius 1 is 1.10 bits per heavy atom. The molecule has 0 spiro atoms. The van der Waals surface area contributed by atoms with Crippen LogP contribution >= 0.6 is 11.6 Å². The van der Waals surface area contributed by atoms with Crippen LogP contribution in [-0.4, -0.2) is 6.61 Å². The maximum absolute atomic E-state index is 13.0. The first-order valence-corrected chi connectivity index (χ1v) is 6.71. The van der Waals surface area contributed by atoms with Crippen molar-refractivity contribution in [2.24, 2.45) is 0 Å². The molecule has 21 heavy (non-hydrogen) atoms. The minimum atomic E-state index is -0.956. The summed E-state index contributed by atoms with van der Waals surface area (Å²) in [5.74, 6) is -1.98. The standard InChI is InChI=1S/C16H12ClF2NO/c17-13-3-1-11(2-4-13)12(10-20)7-8-21-14-5-6-15(18)16(19)9-14/h1-6,9,12H,7-8H2. The van der Waals surface area contributed by atoms with E-state index >= 15 is 0 Å². The fourth-order valence-electron chi connectivity index (χ4n) is 1.86. The van der Waals surface area contributed by atoms with Crippen LogP contribution < -0.4 is 4.74 Å². The molecule has 0 saturated heterocycles. The summed E-state index contributed by atoms with van der Waals surface area (Å²) in [5, 5.41) is 9.78. The van der Waals surface area contributed by atoms with E-state index in [-0.39, 0.29) is 18.3 Å². The Hall–Kier alpha value is -2.12. The van der Waals surface area contributed by atoms with Gasteiger partial charge in [0.1, 0.15) is 5.75 Å². The van der Waals surface area contributed by atoms with E-state index in [2.05, 4.69) is 6.07 Å². The highest BCUT2D eigenvalue weighted by atomic mass is 35.5. The Balaban J connectivity index is 1.93. The SMILES string of the molecule is N#CC(CCOc1ccc(F)c(F)c1)c1ccc(Cl)cc1. The quantitative estimate of drug-likeness (QED) is 0.802. The molecular formula is C16H12ClF2NO. The van der Waals surface area contributed by atoms with Crippen molar-refractivity contribution in [3.63, 3.8) is 0 Å². The number of nitriles is 1. The van der Waals surface area contributed by atoms with Crippen molar-refractivity contribution in [2.45, 2.75) is 12.3 Å². The summed E-state index contributed by atoms with van der Waals surface area (Å²) in [6, 6.07) is 12.5. The Labute approximate surface area is 126 Å². The van der Waals surface area contributed by atoms with Gasteiger partial charge in [-0.2, -0.15) is 5.26 Å². The lowest BCUT2D eigenvalue weighted by atomic mass is 9.98. The van der Waals surface area contributed by atoms with Crippen LogP contribution in [0.25, 0.3) is 0 Å². The fourth-order valence-corrected chi connectivity index (χ4v) is 1.99. The summed E-state index contributed by atoms with van der Waals surface area (Å²) in [6.07, 6.45) is 0.442. The molecular weight excluding hydrogens is 296 g/mol. The predicted octanol–water partition coefficient (Wildman–Crippen LogP) is 4.69. The first kappa shape index (κ1) is 15.3. The van der Waals surface area contributed by atoms with Gasteiger partial charge >= 0.3 is 0 Å². The summed E-state index contributed by atoms with van der Waals surface area (Å²) in [4.78, 5) is 0. The molecule has 0 aliphatic rings. The topological polar surface area (TPSA) is 33.0 Å². The molecule has 0 radical (unpaired) electrons. The molecule has 0 aliphatic carbocycles. The maximum Gasteiger partial charge on any atom is 0.162 e. The normalized spacial score (nSPS) is 11.7. The Morgan fingerprint density at radius 2 is 1.81 bits per heavy atom. The second-order valence-corrected chi connectivity index (χ2v) is 4.88.